The molecule has 0 unspecified atom stereocenters. The summed E-state index contributed by atoms with van der Waals surface area (Å²) in [6, 6.07) is 67.2. The standard InChI is InChI=1S/C52H32O2P2S4/c53-55(47-29-35-15-3-9-21-43(35)57-47,48-30-36-16-4-10-22-44(36)58-48)41-27-25-33-13-1-7-19-39(33)51(41)52-40-20-8-2-14-34(40)26-28-42(52)56(54,49-31-37-17-5-11-23-45(37)59-49)50-32-38-18-6-12-24-46(38)60-50/h1-32H. The van der Waals surface area contributed by atoms with E-state index in [1.807, 2.05) is 24.3 Å². The molecular formula is C52H32O2P2S4. The second-order valence-corrected chi connectivity index (χ2v) is 25.9. The molecule has 8 aromatic carbocycles. The topological polar surface area (TPSA) is 34.1 Å². The van der Waals surface area contributed by atoms with Gasteiger partial charge in [-0.3, -0.25) is 0 Å². The molecule has 0 bridgehead atoms. The Morgan fingerprint density at radius 2 is 0.550 bits per heavy atom. The van der Waals surface area contributed by atoms with E-state index in [1.54, 1.807) is 45.3 Å². The molecule has 0 radical (unpaired) electrons. The van der Waals surface area contributed by atoms with Crippen LogP contribution in [0.3, 0.4) is 0 Å². The second kappa shape index (κ2) is 14.1. The minimum atomic E-state index is -3.62. The second-order valence-electron chi connectivity index (χ2n) is 15.1. The normalized spacial score (nSPS) is 12.5. The molecule has 4 aromatic heterocycles. The van der Waals surface area contributed by atoms with E-state index in [0.29, 0.717) is 0 Å². The summed E-state index contributed by atoms with van der Waals surface area (Å²) >= 11 is 6.47. The van der Waals surface area contributed by atoms with Gasteiger partial charge in [-0.25, -0.2) is 0 Å². The summed E-state index contributed by atoms with van der Waals surface area (Å²) in [6.45, 7) is 0. The van der Waals surface area contributed by atoms with Crippen LogP contribution in [-0.4, -0.2) is 0 Å². The van der Waals surface area contributed by atoms with Gasteiger partial charge in [0, 0.05) is 40.5 Å². The first-order valence-electron chi connectivity index (χ1n) is 19.7. The average Bonchev–Trinajstić information content (AvgIpc) is 4.12. The van der Waals surface area contributed by atoms with Crippen molar-refractivity contribution in [3.05, 3.63) is 194 Å². The van der Waals surface area contributed by atoms with Crippen molar-refractivity contribution in [2.24, 2.45) is 0 Å². The maximum Gasteiger partial charge on any atom is 0.190 e. The average molecular weight is 879 g/mol. The van der Waals surface area contributed by atoms with E-state index in [2.05, 4.69) is 170 Å². The molecule has 0 aliphatic heterocycles. The molecule has 0 saturated heterocycles. The van der Waals surface area contributed by atoms with Gasteiger partial charge in [0.25, 0.3) is 0 Å². The van der Waals surface area contributed by atoms with Crippen LogP contribution in [0.15, 0.2) is 194 Å². The minimum Gasteiger partial charge on any atom is -0.307 e. The van der Waals surface area contributed by atoms with Gasteiger partial charge >= 0.3 is 0 Å². The van der Waals surface area contributed by atoms with Gasteiger partial charge in [-0.05, 0) is 104 Å². The highest BCUT2D eigenvalue weighted by molar-refractivity contribution is 7.94. The lowest BCUT2D eigenvalue weighted by Crippen LogP contribution is -2.27. The Hall–Kier alpha value is -5.42. The van der Waals surface area contributed by atoms with Gasteiger partial charge in [0.05, 0.1) is 18.5 Å². The Morgan fingerprint density at radius 1 is 0.283 bits per heavy atom. The largest absolute Gasteiger partial charge is 0.307 e. The maximum absolute atomic E-state index is 17.2. The van der Waals surface area contributed by atoms with Crippen molar-refractivity contribution in [3.63, 3.8) is 0 Å². The van der Waals surface area contributed by atoms with Crippen molar-refractivity contribution in [1.82, 2.24) is 0 Å². The first kappa shape index (κ1) is 36.4. The molecule has 0 spiro atoms. The third-order valence-corrected chi connectivity index (χ3v) is 24.6. The van der Waals surface area contributed by atoms with Crippen molar-refractivity contribution in [1.29, 1.82) is 0 Å². The van der Waals surface area contributed by atoms with Gasteiger partial charge in [0.1, 0.15) is 0 Å². The number of fused-ring (bicyclic) bond motifs is 6. The van der Waals surface area contributed by atoms with E-state index in [-0.39, 0.29) is 0 Å². The lowest BCUT2D eigenvalue weighted by Gasteiger charge is -2.26. The lowest BCUT2D eigenvalue weighted by molar-refractivity contribution is 0.592. The van der Waals surface area contributed by atoms with Crippen LogP contribution in [0.1, 0.15) is 0 Å². The molecule has 286 valence electrons. The predicted octanol–water partition coefficient (Wildman–Crippen LogP) is 13.8. The number of hydrogen-bond acceptors (Lipinski definition) is 6. The highest BCUT2D eigenvalue weighted by Gasteiger charge is 2.41. The molecule has 0 saturated carbocycles. The zero-order valence-electron chi connectivity index (χ0n) is 31.8. The molecule has 0 aliphatic rings. The zero-order chi connectivity index (χ0) is 40.0. The van der Waals surface area contributed by atoms with Crippen molar-refractivity contribution >= 4 is 151 Å². The molecule has 0 N–H and O–H groups in total. The third-order valence-electron chi connectivity index (χ3n) is 11.6. The fourth-order valence-electron chi connectivity index (χ4n) is 8.75. The van der Waals surface area contributed by atoms with E-state index in [1.165, 1.54) is 0 Å². The molecule has 12 rings (SSSR count). The van der Waals surface area contributed by atoms with Gasteiger partial charge in [0.2, 0.25) is 0 Å². The first-order valence-corrected chi connectivity index (χ1v) is 26.4. The third kappa shape index (κ3) is 5.56. The lowest BCUT2D eigenvalue weighted by atomic mass is 9.93. The number of hydrogen-bond donors (Lipinski definition) is 0. The van der Waals surface area contributed by atoms with Crippen molar-refractivity contribution < 1.29 is 9.13 Å². The fraction of sp³-hybridized carbons (Fsp3) is 0. The fourth-order valence-corrected chi connectivity index (χ4v) is 22.2. The quantitative estimate of drug-likeness (QED) is 0.150. The summed E-state index contributed by atoms with van der Waals surface area (Å²) in [5.74, 6) is 0. The first-order chi connectivity index (χ1) is 29.5. The highest BCUT2D eigenvalue weighted by Crippen LogP contribution is 2.55. The number of thiophene rings is 4. The number of benzene rings is 8. The Balaban J connectivity index is 1.26. The highest BCUT2D eigenvalue weighted by atomic mass is 32.1. The molecule has 0 fully saturated rings. The molecule has 0 amide bonds. The Bertz CT molecular complexity index is 3240. The van der Waals surface area contributed by atoms with Crippen molar-refractivity contribution in [2.45, 2.75) is 0 Å². The summed E-state index contributed by atoms with van der Waals surface area (Å²) in [6.07, 6.45) is 0. The smallest absolute Gasteiger partial charge is 0.190 e. The van der Waals surface area contributed by atoms with Crippen LogP contribution in [0.25, 0.3) is 73.0 Å². The van der Waals surface area contributed by atoms with Crippen LogP contribution in [0.5, 0.6) is 0 Å². The van der Waals surface area contributed by atoms with E-state index < -0.39 is 14.3 Å². The molecular weight excluding hydrogens is 847 g/mol. The molecule has 12 aromatic rings. The molecule has 8 heteroatoms. The van der Waals surface area contributed by atoms with E-state index in [9.17, 15) is 0 Å². The van der Waals surface area contributed by atoms with Gasteiger partial charge in [-0.15, -0.1) is 45.3 Å². The van der Waals surface area contributed by atoms with Crippen LogP contribution in [0, 0.1) is 0 Å². The Morgan fingerprint density at radius 3 is 0.850 bits per heavy atom. The maximum atomic E-state index is 17.2. The summed E-state index contributed by atoms with van der Waals surface area (Å²) < 4.78 is 42.2. The Labute approximate surface area is 362 Å². The van der Waals surface area contributed by atoms with Gasteiger partial charge in [-0.2, -0.15) is 0 Å². The van der Waals surface area contributed by atoms with Crippen LogP contribution < -0.4 is 29.1 Å². The van der Waals surface area contributed by atoms with Crippen LogP contribution in [0.2, 0.25) is 0 Å². The van der Waals surface area contributed by atoms with Crippen molar-refractivity contribution in [2.75, 3.05) is 0 Å². The SMILES string of the molecule is O=P(c1cc2ccccc2s1)(c1cc2ccccc2s1)c1ccc2ccccc2c1-c1c(P(=O)(c2cc3ccccc3s2)c2cc3ccccc3s2)ccc2ccccc12. The molecule has 60 heavy (non-hydrogen) atoms. The van der Waals surface area contributed by atoms with Crippen LogP contribution >= 0.6 is 59.6 Å². The predicted molar refractivity (Wildman–Crippen MR) is 267 cm³/mol. The Kier molecular flexibility index (Phi) is 8.55. The van der Waals surface area contributed by atoms with E-state index in [4.69, 9.17) is 0 Å². The van der Waals surface area contributed by atoms with Crippen LogP contribution in [-0.2, 0) is 9.13 Å². The van der Waals surface area contributed by atoms with Gasteiger partial charge in [-0.1, -0.05) is 133 Å². The summed E-state index contributed by atoms with van der Waals surface area (Å²) in [7, 11) is -7.23. The minimum absolute atomic E-state index is 0.760. The molecule has 4 heterocycles. The van der Waals surface area contributed by atoms with Crippen molar-refractivity contribution in [3.8, 4) is 11.1 Å². The van der Waals surface area contributed by atoms with Gasteiger partial charge in [0.15, 0.2) is 14.3 Å². The van der Waals surface area contributed by atoms with Crippen LogP contribution in [0.4, 0.5) is 0 Å². The zero-order valence-corrected chi connectivity index (χ0v) is 36.9. The molecule has 0 aliphatic carbocycles. The summed E-state index contributed by atoms with van der Waals surface area (Å²) in [5, 5.41) is 9.85. The molecule has 0 atom stereocenters. The van der Waals surface area contributed by atoms with Gasteiger partial charge < -0.3 is 9.13 Å². The summed E-state index contributed by atoms with van der Waals surface area (Å²) in [5.41, 5.74) is 1.75. The molecule has 2 nitrogen and oxygen atoms in total. The monoisotopic (exact) mass is 878 g/mol. The van der Waals surface area contributed by atoms with E-state index in [0.717, 1.165) is 102 Å². The van der Waals surface area contributed by atoms with E-state index >= 15 is 9.13 Å². The summed E-state index contributed by atoms with van der Waals surface area (Å²) in [4.78, 5) is 0. The number of rotatable bonds is 7.